The number of hydrogen-bond acceptors (Lipinski definition) is 4. The van der Waals surface area contributed by atoms with E-state index in [9.17, 15) is 18.0 Å². The molecule has 0 spiro atoms. The smallest absolute Gasteiger partial charge is 0.406 e. The number of ether oxygens (including phenoxy) is 1. The molecule has 31 heavy (non-hydrogen) atoms. The highest BCUT2D eigenvalue weighted by Gasteiger charge is 2.31. The van der Waals surface area contributed by atoms with Crippen LogP contribution in [-0.2, 0) is 0 Å². The molecule has 0 bridgehead atoms. The number of aromatic nitrogens is 1. The highest BCUT2D eigenvalue weighted by molar-refractivity contribution is 6.06. The van der Waals surface area contributed by atoms with Gasteiger partial charge in [0.2, 0.25) is 0 Å². The van der Waals surface area contributed by atoms with Crippen molar-refractivity contribution in [1.29, 1.82) is 5.41 Å². The van der Waals surface area contributed by atoms with Crippen molar-refractivity contribution < 1.29 is 22.7 Å². The van der Waals surface area contributed by atoms with Crippen molar-refractivity contribution in [3.8, 4) is 17.0 Å². The van der Waals surface area contributed by atoms with E-state index >= 15 is 0 Å². The molecule has 5 nitrogen and oxygen atoms in total. The molecule has 0 unspecified atom stereocenters. The number of para-hydroxylation sites is 1. The van der Waals surface area contributed by atoms with Gasteiger partial charge in [0.1, 0.15) is 5.75 Å². The van der Waals surface area contributed by atoms with E-state index in [-0.39, 0.29) is 11.7 Å². The third-order valence-electron chi connectivity index (χ3n) is 4.19. The first-order valence-corrected chi connectivity index (χ1v) is 9.18. The minimum Gasteiger partial charge on any atom is -0.406 e. The van der Waals surface area contributed by atoms with Crippen molar-refractivity contribution in [3.05, 3.63) is 84.1 Å². The topological polar surface area (TPSA) is 75.1 Å². The summed E-state index contributed by atoms with van der Waals surface area (Å²) in [5, 5.41) is 10.4. The van der Waals surface area contributed by atoms with Crippen LogP contribution in [0.25, 0.3) is 22.2 Å². The summed E-state index contributed by atoms with van der Waals surface area (Å²) in [7, 11) is 0. The summed E-state index contributed by atoms with van der Waals surface area (Å²) >= 11 is 0. The maximum Gasteiger partial charge on any atom is 0.573 e. The number of allylic oxidation sites excluding steroid dienone is 4. The molecule has 0 fully saturated rings. The number of halogens is 3. The van der Waals surface area contributed by atoms with Crippen molar-refractivity contribution in [2.45, 2.75) is 13.3 Å². The van der Waals surface area contributed by atoms with E-state index in [1.807, 2.05) is 0 Å². The number of fused-ring (bicyclic) bond motifs is 1. The molecule has 3 aromatic rings. The van der Waals surface area contributed by atoms with Crippen molar-refractivity contribution >= 4 is 23.0 Å². The summed E-state index contributed by atoms with van der Waals surface area (Å²) in [5.41, 5.74) is 2.15. The number of alkyl halides is 3. The van der Waals surface area contributed by atoms with Crippen molar-refractivity contribution in [2.75, 3.05) is 0 Å². The van der Waals surface area contributed by atoms with Crippen LogP contribution >= 0.6 is 0 Å². The Labute approximate surface area is 176 Å². The van der Waals surface area contributed by atoms with Crippen LogP contribution in [-0.4, -0.2) is 23.5 Å². The van der Waals surface area contributed by atoms with Gasteiger partial charge in [0.25, 0.3) is 5.91 Å². The van der Waals surface area contributed by atoms with Crippen LogP contribution in [0.4, 0.5) is 13.2 Å². The van der Waals surface area contributed by atoms with Crippen LogP contribution in [0.15, 0.2) is 78.5 Å². The minimum atomic E-state index is -4.79. The van der Waals surface area contributed by atoms with Gasteiger partial charge in [-0.25, -0.2) is 4.98 Å². The molecule has 1 amide bonds. The predicted molar refractivity (Wildman–Crippen MR) is 113 cm³/mol. The summed E-state index contributed by atoms with van der Waals surface area (Å²) in [6.07, 6.45) is 1.12. The summed E-state index contributed by atoms with van der Waals surface area (Å²) in [4.78, 5) is 17.3. The first kappa shape index (κ1) is 21.8. The zero-order chi connectivity index (χ0) is 22.4. The third-order valence-corrected chi connectivity index (χ3v) is 4.19. The number of nitrogens with one attached hydrogen (secondary N) is 2. The third kappa shape index (κ3) is 5.79. The van der Waals surface area contributed by atoms with Crippen LogP contribution in [0.5, 0.6) is 5.75 Å². The number of carbonyl (C=O) groups is 1. The number of carbonyl (C=O) groups excluding carboxylic acids is 1. The van der Waals surface area contributed by atoms with E-state index in [0.717, 1.165) is 6.21 Å². The summed E-state index contributed by atoms with van der Waals surface area (Å²) in [6, 6.07) is 14.1. The average molecular weight is 425 g/mol. The molecule has 0 radical (unpaired) electrons. The number of benzene rings is 2. The second kappa shape index (κ2) is 9.25. The van der Waals surface area contributed by atoms with E-state index in [0.29, 0.717) is 33.4 Å². The van der Waals surface area contributed by atoms with Crippen LogP contribution in [0.2, 0.25) is 0 Å². The van der Waals surface area contributed by atoms with Crippen LogP contribution in [0.3, 0.4) is 0 Å². The Morgan fingerprint density at radius 1 is 1.10 bits per heavy atom. The Morgan fingerprint density at radius 3 is 2.61 bits per heavy atom. The van der Waals surface area contributed by atoms with E-state index in [2.05, 4.69) is 15.0 Å². The quantitative estimate of drug-likeness (QED) is 0.396. The van der Waals surface area contributed by atoms with Gasteiger partial charge in [-0.15, -0.1) is 13.2 Å². The fraction of sp³-hybridized carbons (Fsp3) is 0.0870. The molecule has 0 aliphatic carbocycles. The number of hydrogen-bond donors (Lipinski definition) is 2. The van der Waals surface area contributed by atoms with Gasteiger partial charge in [-0.05, 0) is 43.3 Å². The Kier molecular flexibility index (Phi) is 6.49. The monoisotopic (exact) mass is 425 g/mol. The van der Waals surface area contributed by atoms with Crippen molar-refractivity contribution in [2.24, 2.45) is 0 Å². The van der Waals surface area contributed by atoms with Gasteiger partial charge in [0, 0.05) is 22.9 Å². The fourth-order valence-corrected chi connectivity index (χ4v) is 2.89. The van der Waals surface area contributed by atoms with Gasteiger partial charge in [-0.1, -0.05) is 36.4 Å². The maximum absolute atomic E-state index is 12.8. The van der Waals surface area contributed by atoms with Gasteiger partial charge in [-0.3, -0.25) is 4.79 Å². The Bertz CT molecular complexity index is 1180. The van der Waals surface area contributed by atoms with E-state index < -0.39 is 6.36 Å². The van der Waals surface area contributed by atoms with Gasteiger partial charge in [0.15, 0.2) is 0 Å². The summed E-state index contributed by atoms with van der Waals surface area (Å²) in [6.45, 7) is 1.71. The zero-order valence-electron chi connectivity index (χ0n) is 16.4. The van der Waals surface area contributed by atoms with E-state index in [1.165, 1.54) is 24.3 Å². The molecule has 8 heteroatoms. The minimum absolute atomic E-state index is 0.325. The molecule has 3 rings (SSSR count). The molecule has 0 atom stereocenters. The molecule has 0 saturated carbocycles. The van der Waals surface area contributed by atoms with Crippen LogP contribution in [0, 0.1) is 5.41 Å². The number of rotatable bonds is 6. The van der Waals surface area contributed by atoms with Crippen molar-refractivity contribution in [3.63, 3.8) is 0 Å². The molecule has 0 aliphatic rings. The van der Waals surface area contributed by atoms with E-state index in [1.54, 1.807) is 55.5 Å². The average Bonchev–Trinajstić information content (AvgIpc) is 2.72. The molecule has 1 aromatic heterocycles. The van der Waals surface area contributed by atoms with Gasteiger partial charge >= 0.3 is 6.36 Å². The van der Waals surface area contributed by atoms with Crippen molar-refractivity contribution in [1.82, 2.24) is 10.3 Å². The Balaban J connectivity index is 1.96. The molecular weight excluding hydrogens is 407 g/mol. The fourth-order valence-electron chi connectivity index (χ4n) is 2.89. The van der Waals surface area contributed by atoms with Gasteiger partial charge in [0.05, 0.1) is 16.8 Å². The predicted octanol–water partition coefficient (Wildman–Crippen LogP) is 5.64. The summed E-state index contributed by atoms with van der Waals surface area (Å²) < 4.78 is 41.6. The number of amides is 1. The second-order valence-electron chi connectivity index (χ2n) is 6.50. The molecule has 1 heterocycles. The van der Waals surface area contributed by atoms with Gasteiger partial charge in [-0.2, -0.15) is 0 Å². The summed E-state index contributed by atoms with van der Waals surface area (Å²) in [5.74, 6) is -0.724. The molecule has 158 valence electrons. The van der Waals surface area contributed by atoms with Crippen LogP contribution < -0.4 is 10.1 Å². The lowest BCUT2D eigenvalue weighted by atomic mass is 10.1. The van der Waals surface area contributed by atoms with Gasteiger partial charge < -0.3 is 15.5 Å². The lowest BCUT2D eigenvalue weighted by Crippen LogP contribution is -2.21. The largest absolute Gasteiger partial charge is 0.573 e. The highest BCUT2D eigenvalue weighted by Crippen LogP contribution is 2.29. The second-order valence-corrected chi connectivity index (χ2v) is 6.50. The first-order chi connectivity index (χ1) is 14.8. The lowest BCUT2D eigenvalue weighted by molar-refractivity contribution is -0.274. The zero-order valence-corrected chi connectivity index (χ0v) is 16.4. The van der Waals surface area contributed by atoms with E-state index in [4.69, 9.17) is 5.41 Å². The SMILES string of the molecule is C/C(=C\C=C/C=N)NC(=O)c1cccc2ccc(-c3cccc(OC(F)(F)F)c3)nc12. The lowest BCUT2D eigenvalue weighted by Gasteiger charge is -2.11. The Morgan fingerprint density at radius 2 is 1.87 bits per heavy atom. The normalized spacial score (nSPS) is 12.2. The van der Waals surface area contributed by atoms with Crippen LogP contribution in [0.1, 0.15) is 17.3 Å². The first-order valence-electron chi connectivity index (χ1n) is 9.18. The standard InChI is InChI=1S/C23H18F3N3O2/c1-15(6-2-3-13-27)28-22(30)19-10-5-7-16-11-12-20(29-21(16)19)17-8-4-9-18(14-17)31-23(24,25)26/h2-14,27H,1H3,(H,28,30)/b3-2-,15-6+,27-13?. The Hall–Kier alpha value is -3.94. The molecule has 0 saturated heterocycles. The molecule has 2 N–H and O–H groups in total. The molecule has 2 aromatic carbocycles. The highest BCUT2D eigenvalue weighted by atomic mass is 19.4. The molecular formula is C23H18F3N3O2. The number of pyridine rings is 1. The molecule has 0 aliphatic heterocycles. The number of nitrogens with zero attached hydrogens (tertiary/aromatic N) is 1. The maximum atomic E-state index is 12.8.